The highest BCUT2D eigenvalue weighted by atomic mass is 35.5. The first-order chi connectivity index (χ1) is 9.70. The van der Waals surface area contributed by atoms with Gasteiger partial charge in [0.1, 0.15) is 0 Å². The quantitative estimate of drug-likeness (QED) is 0.876. The number of allylic oxidation sites excluding steroid dienone is 2. The first-order valence-electron chi connectivity index (χ1n) is 6.40. The summed E-state index contributed by atoms with van der Waals surface area (Å²) in [4.78, 5) is 0. The Kier molecular flexibility index (Phi) is 3.70. The van der Waals surface area contributed by atoms with E-state index in [1.54, 1.807) is 0 Å². The molecular weight excluding hydrogens is 291 g/mol. The normalized spacial score (nSPS) is 21.1. The highest BCUT2D eigenvalue weighted by Gasteiger charge is 2.25. The van der Waals surface area contributed by atoms with E-state index in [4.69, 9.17) is 28.9 Å². The van der Waals surface area contributed by atoms with Crippen molar-refractivity contribution in [1.82, 2.24) is 5.32 Å². The molecule has 1 unspecified atom stereocenters. The largest absolute Gasteiger partial charge is 0.373 e. The number of benzene rings is 1. The Balaban J connectivity index is 2.11. The van der Waals surface area contributed by atoms with Gasteiger partial charge in [-0.05, 0) is 29.4 Å². The molecule has 0 radical (unpaired) electrons. The van der Waals surface area contributed by atoms with E-state index in [1.165, 1.54) is 0 Å². The van der Waals surface area contributed by atoms with E-state index in [1.807, 2.05) is 42.5 Å². The summed E-state index contributed by atoms with van der Waals surface area (Å²) in [6, 6.07) is 7.70. The van der Waals surface area contributed by atoms with Crippen LogP contribution < -0.4 is 11.1 Å². The second-order valence-electron chi connectivity index (χ2n) is 4.72. The minimum absolute atomic E-state index is 0.0248. The molecule has 0 spiro atoms. The van der Waals surface area contributed by atoms with Gasteiger partial charge >= 0.3 is 0 Å². The zero-order valence-electron chi connectivity index (χ0n) is 10.7. The SMILES string of the molecule is NCC1=C(c2ccccc2Cl)NC2C(Cl)=CC=CC2=C1. The molecule has 1 aromatic carbocycles. The van der Waals surface area contributed by atoms with Crippen molar-refractivity contribution >= 4 is 28.9 Å². The van der Waals surface area contributed by atoms with Crippen LogP contribution in [-0.2, 0) is 0 Å². The fourth-order valence-electron chi connectivity index (χ4n) is 2.47. The molecule has 1 atom stereocenters. The second kappa shape index (κ2) is 5.49. The van der Waals surface area contributed by atoms with Crippen molar-refractivity contribution in [3.05, 3.63) is 75.3 Å². The maximum atomic E-state index is 6.29. The van der Waals surface area contributed by atoms with Gasteiger partial charge in [0.2, 0.25) is 0 Å². The third-order valence-corrected chi connectivity index (χ3v) is 4.14. The molecule has 0 saturated heterocycles. The Morgan fingerprint density at radius 1 is 1.20 bits per heavy atom. The number of hydrogen-bond acceptors (Lipinski definition) is 2. The van der Waals surface area contributed by atoms with E-state index in [-0.39, 0.29) is 6.04 Å². The minimum Gasteiger partial charge on any atom is -0.373 e. The average Bonchev–Trinajstić information content (AvgIpc) is 2.47. The van der Waals surface area contributed by atoms with Crippen LogP contribution in [0.2, 0.25) is 5.02 Å². The second-order valence-corrected chi connectivity index (χ2v) is 5.56. The van der Waals surface area contributed by atoms with Crippen molar-refractivity contribution in [3.8, 4) is 0 Å². The van der Waals surface area contributed by atoms with E-state index in [0.717, 1.165) is 27.4 Å². The van der Waals surface area contributed by atoms with E-state index < -0.39 is 0 Å². The fourth-order valence-corrected chi connectivity index (χ4v) is 2.96. The van der Waals surface area contributed by atoms with Gasteiger partial charge in [-0.3, -0.25) is 0 Å². The summed E-state index contributed by atoms with van der Waals surface area (Å²) < 4.78 is 0. The number of halogens is 2. The van der Waals surface area contributed by atoms with Crippen molar-refractivity contribution in [1.29, 1.82) is 0 Å². The molecule has 0 fully saturated rings. The number of dihydropyridines is 1. The average molecular weight is 305 g/mol. The first-order valence-corrected chi connectivity index (χ1v) is 7.16. The molecule has 1 aliphatic heterocycles. The summed E-state index contributed by atoms with van der Waals surface area (Å²) >= 11 is 12.6. The van der Waals surface area contributed by atoms with Gasteiger partial charge in [-0.1, -0.05) is 53.6 Å². The number of fused-ring (bicyclic) bond motifs is 1. The zero-order chi connectivity index (χ0) is 14.1. The monoisotopic (exact) mass is 304 g/mol. The predicted molar refractivity (Wildman–Crippen MR) is 85.5 cm³/mol. The summed E-state index contributed by atoms with van der Waals surface area (Å²) in [7, 11) is 0. The van der Waals surface area contributed by atoms with Gasteiger partial charge in [-0.15, -0.1) is 0 Å². The Labute approximate surface area is 128 Å². The Morgan fingerprint density at radius 3 is 2.75 bits per heavy atom. The Hall–Kier alpha value is -1.48. The van der Waals surface area contributed by atoms with E-state index in [9.17, 15) is 0 Å². The molecule has 3 rings (SSSR count). The molecule has 0 saturated carbocycles. The maximum absolute atomic E-state index is 6.29. The van der Waals surface area contributed by atoms with Crippen LogP contribution in [0.25, 0.3) is 5.70 Å². The Morgan fingerprint density at radius 2 is 2.00 bits per heavy atom. The molecule has 4 heteroatoms. The van der Waals surface area contributed by atoms with E-state index in [2.05, 4.69) is 11.4 Å². The van der Waals surface area contributed by atoms with Crippen LogP contribution in [0.15, 0.2) is 64.7 Å². The summed E-state index contributed by atoms with van der Waals surface area (Å²) in [5.41, 5.74) is 9.93. The lowest BCUT2D eigenvalue weighted by atomic mass is 9.92. The van der Waals surface area contributed by atoms with Gasteiger partial charge < -0.3 is 11.1 Å². The van der Waals surface area contributed by atoms with Gasteiger partial charge in [-0.25, -0.2) is 0 Å². The number of nitrogens with two attached hydrogens (primary N) is 1. The van der Waals surface area contributed by atoms with Crippen LogP contribution in [-0.4, -0.2) is 12.6 Å². The van der Waals surface area contributed by atoms with Crippen molar-refractivity contribution in [2.24, 2.45) is 5.73 Å². The van der Waals surface area contributed by atoms with Gasteiger partial charge in [0, 0.05) is 27.9 Å². The lowest BCUT2D eigenvalue weighted by molar-refractivity contribution is 0.788. The van der Waals surface area contributed by atoms with Gasteiger partial charge in [0.15, 0.2) is 0 Å². The zero-order valence-corrected chi connectivity index (χ0v) is 12.2. The van der Waals surface area contributed by atoms with Crippen LogP contribution >= 0.6 is 23.2 Å². The van der Waals surface area contributed by atoms with Crippen molar-refractivity contribution in [3.63, 3.8) is 0 Å². The van der Waals surface area contributed by atoms with Crippen LogP contribution in [0, 0.1) is 0 Å². The first kappa shape index (κ1) is 13.5. The van der Waals surface area contributed by atoms with Gasteiger partial charge in [-0.2, -0.15) is 0 Å². The third kappa shape index (κ3) is 2.31. The van der Waals surface area contributed by atoms with E-state index in [0.29, 0.717) is 11.6 Å². The predicted octanol–water partition coefficient (Wildman–Crippen LogP) is 3.60. The highest BCUT2D eigenvalue weighted by Crippen LogP contribution is 2.33. The summed E-state index contributed by atoms with van der Waals surface area (Å²) in [6.45, 7) is 0.443. The van der Waals surface area contributed by atoms with Crippen LogP contribution in [0.3, 0.4) is 0 Å². The Bertz CT molecular complexity index is 669. The van der Waals surface area contributed by atoms with Gasteiger partial charge in [0.25, 0.3) is 0 Å². The molecule has 0 bridgehead atoms. The van der Waals surface area contributed by atoms with Crippen molar-refractivity contribution < 1.29 is 0 Å². The van der Waals surface area contributed by atoms with Crippen molar-refractivity contribution in [2.45, 2.75) is 6.04 Å². The number of hydrogen-bond donors (Lipinski definition) is 2. The van der Waals surface area contributed by atoms with Gasteiger partial charge in [0.05, 0.1) is 6.04 Å². The summed E-state index contributed by atoms with van der Waals surface area (Å²) in [6.07, 6.45) is 7.98. The molecule has 0 aromatic heterocycles. The molecule has 2 aliphatic rings. The molecule has 102 valence electrons. The molecule has 2 nitrogen and oxygen atoms in total. The molecule has 3 N–H and O–H groups in total. The summed E-state index contributed by atoms with van der Waals surface area (Å²) in [5, 5.41) is 4.92. The van der Waals surface area contributed by atoms with Crippen LogP contribution in [0.1, 0.15) is 5.56 Å². The molecule has 1 heterocycles. The van der Waals surface area contributed by atoms with Crippen LogP contribution in [0.4, 0.5) is 0 Å². The lowest BCUT2D eigenvalue weighted by Gasteiger charge is -2.30. The highest BCUT2D eigenvalue weighted by molar-refractivity contribution is 6.32. The van der Waals surface area contributed by atoms with Crippen molar-refractivity contribution in [2.75, 3.05) is 6.54 Å². The molecular formula is C16H14Cl2N2. The molecule has 20 heavy (non-hydrogen) atoms. The minimum atomic E-state index is -0.0248. The van der Waals surface area contributed by atoms with E-state index >= 15 is 0 Å². The fraction of sp³-hybridized carbons (Fsp3) is 0.125. The standard InChI is InChI=1S/C16H14Cl2N2/c17-13-6-2-1-5-12(13)15-11(9-19)8-10-4-3-7-14(18)16(10)20-15/h1-8,16,20H,9,19H2. The molecule has 1 aromatic rings. The molecule has 0 amide bonds. The smallest absolute Gasteiger partial charge is 0.0874 e. The molecule has 1 aliphatic carbocycles. The maximum Gasteiger partial charge on any atom is 0.0874 e. The lowest BCUT2D eigenvalue weighted by Crippen LogP contribution is -2.35. The third-order valence-electron chi connectivity index (χ3n) is 3.47. The van der Waals surface area contributed by atoms with Crippen LogP contribution in [0.5, 0.6) is 0 Å². The number of rotatable bonds is 2. The summed E-state index contributed by atoms with van der Waals surface area (Å²) in [5.74, 6) is 0. The number of nitrogens with one attached hydrogen (secondary N) is 1. The topological polar surface area (TPSA) is 38.0 Å².